The van der Waals surface area contributed by atoms with Crippen molar-refractivity contribution in [2.45, 2.75) is 72.6 Å². The normalized spacial score (nSPS) is 12.3. The molecule has 9 N–H and O–H groups in total. The molecule has 41 heavy (non-hydrogen) atoms. The molecule has 0 fully saturated rings. The number of amides is 2. The van der Waals surface area contributed by atoms with E-state index >= 15 is 0 Å². The summed E-state index contributed by atoms with van der Waals surface area (Å²) in [7, 11) is 0. The molecule has 2 unspecified atom stereocenters. The third-order valence-electron chi connectivity index (χ3n) is 7.02. The fourth-order valence-corrected chi connectivity index (χ4v) is 4.73. The zero-order chi connectivity index (χ0) is 29.7. The molecule has 12 heteroatoms. The third kappa shape index (κ3) is 8.53. The monoisotopic (exact) mass is 586 g/mol. The van der Waals surface area contributed by atoms with Crippen LogP contribution in [-0.4, -0.2) is 44.1 Å². The third-order valence-corrected chi connectivity index (χ3v) is 7.02. The Morgan fingerprint density at radius 2 is 1.20 bits per heavy atom. The van der Waals surface area contributed by atoms with Gasteiger partial charge in [-0.3, -0.25) is 14.4 Å². The van der Waals surface area contributed by atoms with E-state index in [0.29, 0.717) is 17.8 Å². The minimum absolute atomic E-state index is 0. The summed E-state index contributed by atoms with van der Waals surface area (Å²) < 4.78 is 0. The van der Waals surface area contributed by atoms with Crippen molar-refractivity contribution in [2.24, 2.45) is 11.5 Å². The molecule has 1 aromatic heterocycles. The van der Waals surface area contributed by atoms with Gasteiger partial charge in [-0.2, -0.15) is 0 Å². The number of nitrogens with two attached hydrogens (primary N) is 2. The first-order chi connectivity index (χ1) is 18.8. The van der Waals surface area contributed by atoms with Crippen molar-refractivity contribution in [2.75, 3.05) is 0 Å². The fraction of sp³-hybridized carbons (Fsp3) is 0.379. The van der Waals surface area contributed by atoms with Crippen LogP contribution >= 0.6 is 12.4 Å². The molecule has 0 spiro atoms. The van der Waals surface area contributed by atoms with Crippen LogP contribution in [0.4, 0.5) is 0 Å². The number of hydrogen-bond donors (Lipinski definition) is 7. The van der Waals surface area contributed by atoms with Crippen LogP contribution in [0.25, 0.3) is 0 Å². The van der Waals surface area contributed by atoms with Gasteiger partial charge in [-0.15, -0.1) is 12.4 Å². The molecule has 0 saturated carbocycles. The lowest BCUT2D eigenvalue weighted by Gasteiger charge is -2.17. The van der Waals surface area contributed by atoms with Crippen LogP contribution in [0.15, 0.2) is 29.1 Å². The number of carbonyl (C=O) groups is 2. The van der Waals surface area contributed by atoms with Gasteiger partial charge in [0.25, 0.3) is 5.56 Å². The first-order valence-electron chi connectivity index (χ1n) is 13.0. The van der Waals surface area contributed by atoms with Gasteiger partial charge in [0.1, 0.15) is 17.2 Å². The van der Waals surface area contributed by atoms with Gasteiger partial charge in [-0.05, 0) is 105 Å². The number of carbonyl (C=O) groups excluding carboxylic acids is 2. The highest BCUT2D eigenvalue weighted by atomic mass is 35.5. The Labute approximate surface area is 245 Å². The number of hydrogen-bond acceptors (Lipinski definition) is 8. The van der Waals surface area contributed by atoms with Crippen LogP contribution in [-0.2, 0) is 35.5 Å². The minimum atomic E-state index is -0.852. The van der Waals surface area contributed by atoms with E-state index in [1.54, 1.807) is 31.2 Å². The Morgan fingerprint density at radius 1 is 0.805 bits per heavy atom. The molecule has 3 rings (SSSR count). The van der Waals surface area contributed by atoms with Gasteiger partial charge in [0.2, 0.25) is 11.8 Å². The number of nitrogens with one attached hydrogen (secondary N) is 3. The second-order valence-electron chi connectivity index (χ2n) is 10.2. The van der Waals surface area contributed by atoms with Crippen LogP contribution in [0.1, 0.15) is 50.5 Å². The first-order valence-corrected chi connectivity index (χ1v) is 13.0. The van der Waals surface area contributed by atoms with Crippen LogP contribution in [0, 0.1) is 34.6 Å². The van der Waals surface area contributed by atoms with Gasteiger partial charge in [0.15, 0.2) is 0 Å². The van der Waals surface area contributed by atoms with E-state index < -0.39 is 29.5 Å². The molecule has 222 valence electrons. The number of aryl methyl sites for hydroxylation is 5. The molecule has 0 aliphatic rings. The molecule has 0 aliphatic heterocycles. The number of aromatic nitrogens is 2. The lowest BCUT2D eigenvalue weighted by Crippen LogP contribution is -2.43. The highest BCUT2D eigenvalue weighted by Crippen LogP contribution is 2.23. The van der Waals surface area contributed by atoms with Gasteiger partial charge in [-0.25, -0.2) is 4.98 Å². The average Bonchev–Trinajstić information content (AvgIpc) is 2.86. The Morgan fingerprint density at radius 3 is 1.61 bits per heavy atom. The van der Waals surface area contributed by atoms with E-state index in [-0.39, 0.29) is 49.1 Å². The number of rotatable bonds is 10. The Kier molecular flexibility index (Phi) is 11.5. The number of phenols is 2. The van der Waals surface area contributed by atoms with E-state index in [1.165, 1.54) is 0 Å². The Balaban J connectivity index is 0.00000588. The molecule has 0 saturated heterocycles. The minimum Gasteiger partial charge on any atom is -0.508 e. The van der Waals surface area contributed by atoms with E-state index in [9.17, 15) is 24.6 Å². The van der Waals surface area contributed by atoms with Crippen LogP contribution in [0.2, 0.25) is 0 Å². The van der Waals surface area contributed by atoms with Gasteiger partial charge in [0.05, 0.1) is 36.6 Å². The second kappa shape index (κ2) is 14.1. The van der Waals surface area contributed by atoms with E-state index in [1.807, 2.05) is 27.7 Å². The molecule has 11 nitrogen and oxygen atoms in total. The first kappa shape index (κ1) is 33.3. The highest BCUT2D eigenvalue weighted by Gasteiger charge is 2.20. The number of aromatic amines is 1. The van der Waals surface area contributed by atoms with Crippen LogP contribution in [0.3, 0.4) is 0 Å². The molecular weight excluding hydrogens is 548 g/mol. The molecular formula is C29H39ClN6O5. The standard InChI is InChI=1S/C29H38N6O5.ClH/c1-14-6-19(36)7-15(2)21(14)10-23(30)27(38)32-12-25-18(5)34-26(29(40)35-25)13-33-28(39)24(31)11-22-16(3)8-20(37)9-17(22)4;/h6-9,23-24,36-37H,10-13,30-31H2,1-5H3,(H,32,38)(H,33,39)(H,35,40);1H. The van der Waals surface area contributed by atoms with Crippen LogP contribution in [0.5, 0.6) is 11.5 Å². The van der Waals surface area contributed by atoms with Crippen molar-refractivity contribution in [3.05, 3.63) is 85.1 Å². The molecule has 1 heterocycles. The van der Waals surface area contributed by atoms with E-state index in [0.717, 1.165) is 33.4 Å². The van der Waals surface area contributed by atoms with Gasteiger partial charge >= 0.3 is 0 Å². The van der Waals surface area contributed by atoms with E-state index in [2.05, 4.69) is 20.6 Å². The predicted octanol–water partition coefficient (Wildman–Crippen LogP) is 1.52. The summed E-state index contributed by atoms with van der Waals surface area (Å²) in [5, 5.41) is 24.8. The molecule has 2 atom stereocenters. The van der Waals surface area contributed by atoms with Crippen molar-refractivity contribution in [3.8, 4) is 11.5 Å². The zero-order valence-electron chi connectivity index (χ0n) is 23.9. The SMILES string of the molecule is Cc1cc(O)cc(C)c1CC(N)C(=O)NCc1[nH]c(=O)c(CNC(=O)C(N)Cc2c(C)cc(O)cc2C)nc1C.Cl. The summed E-state index contributed by atoms with van der Waals surface area (Å²) in [6.45, 7) is 8.98. The van der Waals surface area contributed by atoms with Crippen molar-refractivity contribution >= 4 is 24.2 Å². The lowest BCUT2D eigenvalue weighted by molar-refractivity contribution is -0.123. The maximum Gasteiger partial charge on any atom is 0.271 e. The maximum atomic E-state index is 12.6. The summed E-state index contributed by atoms with van der Waals surface area (Å²) in [4.78, 5) is 44.9. The summed E-state index contributed by atoms with van der Waals surface area (Å²) >= 11 is 0. The van der Waals surface area contributed by atoms with Gasteiger partial charge in [-0.1, -0.05) is 0 Å². The summed E-state index contributed by atoms with van der Waals surface area (Å²) in [6, 6.07) is 4.82. The molecule has 0 aliphatic carbocycles. The fourth-order valence-electron chi connectivity index (χ4n) is 4.73. The molecule has 2 amide bonds. The Bertz CT molecular complexity index is 1440. The summed E-state index contributed by atoms with van der Waals surface area (Å²) in [6.07, 6.45) is 0.573. The van der Waals surface area contributed by atoms with Gasteiger partial charge in [0, 0.05) is 0 Å². The largest absolute Gasteiger partial charge is 0.508 e. The number of H-pyrrole nitrogens is 1. The molecule has 3 aromatic rings. The average molecular weight is 587 g/mol. The molecule has 0 bridgehead atoms. The number of halogens is 1. The lowest BCUT2D eigenvalue weighted by atomic mass is 9.96. The van der Waals surface area contributed by atoms with Crippen molar-refractivity contribution in [1.29, 1.82) is 0 Å². The molecule has 0 radical (unpaired) electrons. The summed E-state index contributed by atoms with van der Waals surface area (Å²) in [5.74, 6) is -0.511. The Hall–Kier alpha value is -3.93. The van der Waals surface area contributed by atoms with Crippen LogP contribution < -0.4 is 27.7 Å². The van der Waals surface area contributed by atoms with Crippen molar-refractivity contribution in [3.63, 3.8) is 0 Å². The highest BCUT2D eigenvalue weighted by molar-refractivity contribution is 5.85. The van der Waals surface area contributed by atoms with Gasteiger partial charge < -0.3 is 37.3 Å². The predicted molar refractivity (Wildman–Crippen MR) is 159 cm³/mol. The second-order valence-corrected chi connectivity index (χ2v) is 10.2. The number of benzene rings is 2. The quantitative estimate of drug-likeness (QED) is 0.185. The maximum absolute atomic E-state index is 12.6. The van der Waals surface area contributed by atoms with E-state index in [4.69, 9.17) is 11.5 Å². The topological polar surface area (TPSA) is 196 Å². The molecule has 2 aromatic carbocycles. The smallest absolute Gasteiger partial charge is 0.271 e. The zero-order valence-corrected chi connectivity index (χ0v) is 24.7. The number of nitrogens with zero attached hydrogens (tertiary/aromatic N) is 1. The van der Waals surface area contributed by atoms with Crippen molar-refractivity contribution < 1.29 is 19.8 Å². The number of phenolic OH excluding ortho intramolecular Hbond substituents is 2. The summed E-state index contributed by atoms with van der Waals surface area (Å²) in [5.41, 5.74) is 17.9. The van der Waals surface area contributed by atoms with Crippen molar-refractivity contribution in [1.82, 2.24) is 20.6 Å². The number of aromatic hydroxyl groups is 2.